The van der Waals surface area contributed by atoms with Gasteiger partial charge in [-0.2, -0.15) is 5.26 Å². The Hall–Kier alpha value is -3.52. The second kappa shape index (κ2) is 6.93. The highest BCUT2D eigenvalue weighted by atomic mass is 16.5. The third-order valence-corrected chi connectivity index (χ3v) is 3.98. The molecule has 3 aromatic rings. The van der Waals surface area contributed by atoms with Crippen molar-refractivity contribution in [2.24, 2.45) is 0 Å². The number of hydrogen-bond acceptors (Lipinski definition) is 5. The number of aromatic nitrogens is 1. The summed E-state index contributed by atoms with van der Waals surface area (Å²) in [6.07, 6.45) is 1.69. The van der Waals surface area contributed by atoms with Crippen LogP contribution in [0, 0.1) is 11.3 Å². The molecule has 5 nitrogen and oxygen atoms in total. The van der Waals surface area contributed by atoms with E-state index in [0.717, 1.165) is 16.7 Å². The number of nitrogens with zero attached hydrogens (tertiary/aromatic N) is 2. The summed E-state index contributed by atoms with van der Waals surface area (Å²) in [5.41, 5.74) is 9.50. The van der Waals surface area contributed by atoms with Gasteiger partial charge in [0.05, 0.1) is 14.2 Å². The summed E-state index contributed by atoms with van der Waals surface area (Å²) in [4.78, 5) is 4.19. The van der Waals surface area contributed by atoms with Gasteiger partial charge in [0.15, 0.2) is 0 Å². The fourth-order valence-corrected chi connectivity index (χ4v) is 2.76. The van der Waals surface area contributed by atoms with Gasteiger partial charge in [-0.1, -0.05) is 30.3 Å². The second-order valence-corrected chi connectivity index (χ2v) is 5.35. The predicted molar refractivity (Wildman–Crippen MR) is 97.3 cm³/mol. The molecule has 0 bridgehead atoms. The Labute approximate surface area is 146 Å². The highest BCUT2D eigenvalue weighted by Crippen LogP contribution is 2.41. The Morgan fingerprint density at radius 1 is 1.00 bits per heavy atom. The van der Waals surface area contributed by atoms with E-state index in [1.807, 2.05) is 42.5 Å². The number of benzene rings is 2. The Morgan fingerprint density at radius 2 is 1.76 bits per heavy atom. The maximum atomic E-state index is 9.66. The van der Waals surface area contributed by atoms with Crippen molar-refractivity contribution in [2.45, 2.75) is 0 Å². The van der Waals surface area contributed by atoms with Gasteiger partial charge in [-0.25, -0.2) is 4.98 Å². The van der Waals surface area contributed by atoms with Crippen LogP contribution in [0.3, 0.4) is 0 Å². The molecule has 1 aromatic heterocycles. The lowest BCUT2D eigenvalue weighted by Crippen LogP contribution is -2.01. The normalized spacial score (nSPS) is 10.1. The summed E-state index contributed by atoms with van der Waals surface area (Å²) in [5.74, 6) is 1.45. The van der Waals surface area contributed by atoms with Crippen LogP contribution in [0.25, 0.3) is 22.3 Å². The van der Waals surface area contributed by atoms with E-state index < -0.39 is 0 Å². The summed E-state index contributed by atoms with van der Waals surface area (Å²) >= 11 is 0. The number of nitrogens with two attached hydrogens (primary N) is 1. The molecule has 0 aliphatic rings. The van der Waals surface area contributed by atoms with Crippen molar-refractivity contribution in [1.29, 1.82) is 5.26 Å². The van der Waals surface area contributed by atoms with E-state index in [2.05, 4.69) is 11.1 Å². The molecule has 0 radical (unpaired) electrons. The van der Waals surface area contributed by atoms with Crippen molar-refractivity contribution in [2.75, 3.05) is 20.0 Å². The van der Waals surface area contributed by atoms with Crippen LogP contribution in [0.1, 0.15) is 5.56 Å². The zero-order chi connectivity index (χ0) is 17.8. The number of anilines is 1. The molecular formula is C20H17N3O2. The SMILES string of the molecule is COc1ccc(-c2c(-c3ccccc3)cnc(N)c2C#N)c(OC)c1. The molecule has 5 heteroatoms. The molecule has 0 amide bonds. The van der Waals surface area contributed by atoms with Crippen LogP contribution in [-0.4, -0.2) is 19.2 Å². The molecule has 1 heterocycles. The molecule has 2 aromatic carbocycles. The molecule has 0 spiro atoms. The summed E-state index contributed by atoms with van der Waals surface area (Å²) in [7, 11) is 3.17. The van der Waals surface area contributed by atoms with Crippen LogP contribution in [0.15, 0.2) is 54.7 Å². The van der Waals surface area contributed by atoms with Gasteiger partial charge in [0.25, 0.3) is 0 Å². The molecule has 0 fully saturated rings. The number of nitriles is 1. The lowest BCUT2D eigenvalue weighted by atomic mass is 9.92. The van der Waals surface area contributed by atoms with Gasteiger partial charge >= 0.3 is 0 Å². The van der Waals surface area contributed by atoms with Crippen LogP contribution in [-0.2, 0) is 0 Å². The maximum Gasteiger partial charge on any atom is 0.141 e. The standard InChI is InChI=1S/C20H17N3O2/c1-24-14-8-9-15(18(10-14)25-2)19-16(11-21)20(22)23-12-17(19)13-6-4-3-5-7-13/h3-10,12H,1-2H3,(H2,22,23). The fraction of sp³-hybridized carbons (Fsp3) is 0.100. The zero-order valence-corrected chi connectivity index (χ0v) is 14.0. The zero-order valence-electron chi connectivity index (χ0n) is 14.0. The minimum absolute atomic E-state index is 0.190. The fourth-order valence-electron chi connectivity index (χ4n) is 2.76. The van der Waals surface area contributed by atoms with Gasteiger partial charge in [0.1, 0.15) is 28.9 Å². The summed E-state index contributed by atoms with van der Waals surface area (Å²) < 4.78 is 10.8. The van der Waals surface area contributed by atoms with Crippen molar-refractivity contribution < 1.29 is 9.47 Å². The first-order chi connectivity index (χ1) is 12.2. The van der Waals surface area contributed by atoms with E-state index in [9.17, 15) is 5.26 Å². The van der Waals surface area contributed by atoms with E-state index >= 15 is 0 Å². The average molecular weight is 331 g/mol. The number of nitrogen functional groups attached to an aromatic ring is 1. The predicted octanol–water partition coefficient (Wildman–Crippen LogP) is 3.89. The minimum atomic E-state index is 0.190. The van der Waals surface area contributed by atoms with Crippen LogP contribution in [0.5, 0.6) is 11.5 Å². The lowest BCUT2D eigenvalue weighted by molar-refractivity contribution is 0.395. The first-order valence-electron chi connectivity index (χ1n) is 7.66. The average Bonchev–Trinajstić information content (AvgIpc) is 2.67. The molecule has 0 unspecified atom stereocenters. The molecular weight excluding hydrogens is 314 g/mol. The lowest BCUT2D eigenvalue weighted by Gasteiger charge is -2.16. The molecule has 124 valence electrons. The van der Waals surface area contributed by atoms with Gasteiger partial charge in [-0.3, -0.25) is 0 Å². The van der Waals surface area contributed by atoms with Gasteiger partial charge in [0.2, 0.25) is 0 Å². The third kappa shape index (κ3) is 2.98. The smallest absolute Gasteiger partial charge is 0.141 e. The topological polar surface area (TPSA) is 81.2 Å². The monoisotopic (exact) mass is 331 g/mol. The first kappa shape index (κ1) is 16.3. The number of hydrogen-bond donors (Lipinski definition) is 1. The number of ether oxygens (including phenoxy) is 2. The minimum Gasteiger partial charge on any atom is -0.497 e. The largest absolute Gasteiger partial charge is 0.497 e. The summed E-state index contributed by atoms with van der Waals surface area (Å²) in [5, 5.41) is 9.66. The summed E-state index contributed by atoms with van der Waals surface area (Å²) in [6.45, 7) is 0. The van der Waals surface area contributed by atoms with Crippen molar-refractivity contribution in [3.05, 3.63) is 60.3 Å². The van der Waals surface area contributed by atoms with Crippen molar-refractivity contribution in [3.63, 3.8) is 0 Å². The molecule has 0 atom stereocenters. The van der Waals surface area contributed by atoms with Crippen LogP contribution >= 0.6 is 0 Å². The first-order valence-corrected chi connectivity index (χ1v) is 7.66. The van der Waals surface area contributed by atoms with E-state index in [-0.39, 0.29) is 5.82 Å². The molecule has 25 heavy (non-hydrogen) atoms. The van der Waals surface area contributed by atoms with Crippen LogP contribution in [0.2, 0.25) is 0 Å². The van der Waals surface area contributed by atoms with Gasteiger partial charge < -0.3 is 15.2 Å². The number of methoxy groups -OCH3 is 2. The van der Waals surface area contributed by atoms with E-state index in [1.165, 1.54) is 0 Å². The Balaban J connectivity index is 2.35. The Kier molecular flexibility index (Phi) is 4.53. The molecule has 2 N–H and O–H groups in total. The van der Waals surface area contributed by atoms with E-state index in [1.54, 1.807) is 26.5 Å². The van der Waals surface area contributed by atoms with Crippen molar-refractivity contribution >= 4 is 5.82 Å². The van der Waals surface area contributed by atoms with Crippen LogP contribution < -0.4 is 15.2 Å². The van der Waals surface area contributed by atoms with Gasteiger partial charge in [-0.05, 0) is 17.7 Å². The molecule has 3 rings (SSSR count). The molecule has 0 aliphatic heterocycles. The van der Waals surface area contributed by atoms with Crippen molar-refractivity contribution in [3.8, 4) is 39.8 Å². The molecule has 0 aliphatic carbocycles. The quantitative estimate of drug-likeness (QED) is 0.784. The summed E-state index contributed by atoms with van der Waals surface area (Å²) in [6, 6.07) is 17.4. The Morgan fingerprint density at radius 3 is 2.40 bits per heavy atom. The molecule has 0 saturated carbocycles. The maximum absolute atomic E-state index is 9.66. The van der Waals surface area contributed by atoms with Crippen LogP contribution in [0.4, 0.5) is 5.82 Å². The molecule has 0 saturated heterocycles. The van der Waals surface area contributed by atoms with E-state index in [0.29, 0.717) is 22.6 Å². The van der Waals surface area contributed by atoms with Gasteiger partial charge in [0, 0.05) is 29.0 Å². The number of rotatable bonds is 4. The number of pyridine rings is 1. The third-order valence-electron chi connectivity index (χ3n) is 3.98. The van der Waals surface area contributed by atoms with E-state index in [4.69, 9.17) is 15.2 Å². The second-order valence-electron chi connectivity index (χ2n) is 5.35. The highest BCUT2D eigenvalue weighted by molar-refractivity contribution is 5.91. The Bertz CT molecular complexity index is 947. The highest BCUT2D eigenvalue weighted by Gasteiger charge is 2.19. The van der Waals surface area contributed by atoms with Crippen molar-refractivity contribution in [1.82, 2.24) is 4.98 Å². The van der Waals surface area contributed by atoms with Gasteiger partial charge in [-0.15, -0.1) is 0 Å².